The number of para-hydroxylation sites is 4. The first-order chi connectivity index (χ1) is 36.5. The standard InChI is InChI=1S/C69H68N6O.Pt/c1-44-33-63(72-42-58(44)65-70-31-20-32-71-65)75-59-26-15-14-23-56(59)57-30-29-53(41-62(57)75)76-52-22-18-21-51(40-52)73-43-74(61-28-17-16-27-60(61)73)64-54(45-34-47(66(2,3)4)38-48(35-45)67(5,6)7)24-19-25-55(64)46-36-49(68(8,9)10)39-50(37-46)69(11,12)13;/h14-42H,1-13H3;. The molecule has 0 aliphatic heterocycles. The maximum absolute atomic E-state index is 6.92. The van der Waals surface area contributed by atoms with E-state index in [4.69, 9.17) is 9.72 Å². The summed E-state index contributed by atoms with van der Waals surface area (Å²) in [5, 5.41) is 2.26. The zero-order chi connectivity index (χ0) is 54.3. The van der Waals surface area contributed by atoms with E-state index in [-0.39, 0.29) is 21.7 Å². The van der Waals surface area contributed by atoms with Crippen LogP contribution in [-0.2, 0) is 41.0 Å². The first-order valence-electron chi connectivity index (χ1n) is 26.7. The second kappa shape index (κ2) is 19.2. The van der Waals surface area contributed by atoms with E-state index in [1.54, 1.807) is 12.4 Å². The minimum atomic E-state index is -0.0625. The van der Waals surface area contributed by atoms with E-state index in [9.17, 15) is 0 Å². The van der Waals surface area contributed by atoms with Crippen LogP contribution in [-0.4, -0.2) is 28.7 Å². The molecule has 11 aromatic rings. The van der Waals surface area contributed by atoms with Crippen LogP contribution in [0.3, 0.4) is 0 Å². The van der Waals surface area contributed by atoms with Crippen LogP contribution in [0.15, 0.2) is 176 Å². The fourth-order valence-corrected chi connectivity index (χ4v) is 11.6. The zero-order valence-electron chi connectivity index (χ0n) is 46.7. The summed E-state index contributed by atoms with van der Waals surface area (Å²) in [6.45, 7) is 30.0. The van der Waals surface area contributed by atoms with Gasteiger partial charge in [-0.15, -0.1) is 0 Å². The van der Waals surface area contributed by atoms with Crippen LogP contribution in [0.4, 0.5) is 0 Å². The molecule has 4 heterocycles. The van der Waals surface area contributed by atoms with E-state index in [0.29, 0.717) is 5.82 Å². The van der Waals surface area contributed by atoms with Crippen LogP contribution >= 0.6 is 0 Å². The van der Waals surface area contributed by atoms with E-state index in [1.165, 1.54) is 44.5 Å². The Morgan fingerprint density at radius 2 is 0.922 bits per heavy atom. The maximum atomic E-state index is 6.92. The van der Waals surface area contributed by atoms with E-state index in [0.717, 1.165) is 76.5 Å². The zero-order valence-corrected chi connectivity index (χ0v) is 48.9. The van der Waals surface area contributed by atoms with Crippen LogP contribution in [0.1, 0.15) is 111 Å². The molecule has 7 aromatic carbocycles. The summed E-state index contributed by atoms with van der Waals surface area (Å²) in [4.78, 5) is 14.0. The first-order valence-corrected chi connectivity index (χ1v) is 27.9. The number of hydrogen-bond donors (Lipinski definition) is 0. The van der Waals surface area contributed by atoms with Gasteiger partial charge in [0.15, 0.2) is 5.82 Å². The number of aryl methyl sites for hydroxylation is 1. The molecule has 8 heteroatoms. The molecule has 0 unspecified atom stereocenters. The number of ether oxygens (including phenoxy) is 1. The summed E-state index contributed by atoms with van der Waals surface area (Å²) < 4.78 is 15.1. The molecule has 0 spiro atoms. The van der Waals surface area contributed by atoms with Gasteiger partial charge in [0.2, 0.25) is 0 Å². The van der Waals surface area contributed by atoms with Crippen molar-refractivity contribution in [3.05, 3.63) is 208 Å². The van der Waals surface area contributed by atoms with Gasteiger partial charge in [0.05, 0.1) is 0 Å². The third kappa shape index (κ3) is 9.73. The van der Waals surface area contributed by atoms with E-state index < -0.39 is 0 Å². The van der Waals surface area contributed by atoms with Crippen molar-refractivity contribution in [2.45, 2.75) is 112 Å². The van der Waals surface area contributed by atoms with Crippen LogP contribution < -0.4 is 4.74 Å². The SMILES string of the molecule is Cc1cc(-n2c3ccccc3c3ccc(Oc4cccc(-n5[c](=[Pt])n(-c6c(-c7cc(C(C)(C)C)cc(C(C)(C)C)c7)cccc6-c6cc(C(C)(C)C)cc(C(C)(C)C)c6)c6ccccc65)c4)cc32)ncc1-c1ncccn1. The van der Waals surface area contributed by atoms with Crippen molar-refractivity contribution in [1.82, 2.24) is 28.7 Å². The van der Waals surface area contributed by atoms with Crippen LogP contribution in [0, 0.1) is 10.7 Å². The molecule has 0 amide bonds. The van der Waals surface area contributed by atoms with Crippen molar-refractivity contribution in [1.29, 1.82) is 0 Å². The van der Waals surface area contributed by atoms with Crippen LogP contribution in [0.2, 0.25) is 0 Å². The Hall–Kier alpha value is -7.47. The summed E-state index contributed by atoms with van der Waals surface area (Å²) >= 11 is 2.56. The van der Waals surface area contributed by atoms with Gasteiger partial charge in [-0.3, -0.25) is 0 Å². The molecule has 0 fully saturated rings. The summed E-state index contributed by atoms with van der Waals surface area (Å²) in [6, 6.07) is 57.6. The minimum absolute atomic E-state index is 0.0625. The van der Waals surface area contributed by atoms with Gasteiger partial charge in [-0.2, -0.15) is 0 Å². The summed E-state index contributed by atoms with van der Waals surface area (Å²) in [6.07, 6.45) is 5.40. The Labute approximate surface area is 464 Å². The Balaban J connectivity index is 1.08. The normalized spacial score (nSPS) is 12.6. The van der Waals surface area contributed by atoms with Crippen molar-refractivity contribution in [3.63, 3.8) is 0 Å². The summed E-state index contributed by atoms with van der Waals surface area (Å²) in [7, 11) is 0. The Bertz CT molecular complexity index is 3990. The number of fused-ring (bicyclic) bond motifs is 4. The average Bonchev–Trinajstić information content (AvgIpc) is 3.95. The second-order valence-corrected chi connectivity index (χ2v) is 25.8. The van der Waals surface area contributed by atoms with E-state index in [2.05, 4.69) is 279 Å². The number of benzene rings is 7. The number of hydrogen-bond acceptors (Lipinski definition) is 4. The van der Waals surface area contributed by atoms with Gasteiger partial charge in [-0.25, -0.2) is 9.97 Å². The number of imidazole rings is 1. The van der Waals surface area contributed by atoms with Gasteiger partial charge in [-0.05, 0) is 18.6 Å². The van der Waals surface area contributed by atoms with Crippen LogP contribution in [0.25, 0.3) is 83.7 Å². The van der Waals surface area contributed by atoms with Crippen molar-refractivity contribution in [2.24, 2.45) is 0 Å². The van der Waals surface area contributed by atoms with Gasteiger partial charge >= 0.3 is 397 Å². The Kier molecular flexibility index (Phi) is 12.9. The molecule has 0 saturated heterocycles. The topological polar surface area (TPSA) is 62.7 Å². The van der Waals surface area contributed by atoms with Crippen molar-refractivity contribution in [2.75, 3.05) is 0 Å². The molecule has 0 aliphatic carbocycles. The molecule has 390 valence electrons. The molecule has 0 saturated carbocycles. The van der Waals surface area contributed by atoms with Crippen molar-refractivity contribution >= 4 is 32.8 Å². The molecule has 0 bridgehead atoms. The molecule has 0 atom stereocenters. The quantitative estimate of drug-likeness (QED) is 0.152. The van der Waals surface area contributed by atoms with E-state index >= 15 is 0 Å². The molecule has 0 N–H and O–H groups in total. The number of pyridine rings is 1. The van der Waals surface area contributed by atoms with Gasteiger partial charge in [0, 0.05) is 24.2 Å². The minimum Gasteiger partial charge on any atom is -0.237 e. The molecular formula is C69H68N6OPt. The van der Waals surface area contributed by atoms with Gasteiger partial charge in [-0.1, -0.05) is 12.1 Å². The summed E-state index contributed by atoms with van der Waals surface area (Å²) in [5.41, 5.74) is 18.2. The molecule has 11 rings (SSSR count). The molecule has 4 aromatic heterocycles. The van der Waals surface area contributed by atoms with E-state index in [1.807, 2.05) is 18.3 Å². The molecule has 7 nitrogen and oxygen atoms in total. The predicted molar refractivity (Wildman–Crippen MR) is 316 cm³/mol. The molecule has 0 aliphatic rings. The summed E-state index contributed by atoms with van der Waals surface area (Å²) in [5.74, 6) is 2.93. The van der Waals surface area contributed by atoms with Crippen LogP contribution in [0.5, 0.6) is 11.5 Å². The Morgan fingerprint density at radius 1 is 0.416 bits per heavy atom. The average molecular weight is 1190 g/mol. The number of nitrogens with zero attached hydrogens (tertiary/aromatic N) is 6. The van der Waals surface area contributed by atoms with Crippen molar-refractivity contribution < 1.29 is 24.1 Å². The molecule has 0 radical (unpaired) electrons. The first kappa shape index (κ1) is 51.6. The van der Waals surface area contributed by atoms with Gasteiger partial charge < -0.3 is 0 Å². The second-order valence-electron chi connectivity index (χ2n) is 24.8. The smallest absolute Gasteiger partial charge is 0.237 e. The third-order valence-corrected chi connectivity index (χ3v) is 16.0. The van der Waals surface area contributed by atoms with Gasteiger partial charge in [0.25, 0.3) is 0 Å². The molecule has 77 heavy (non-hydrogen) atoms. The molecular weight excluding hydrogens is 1120 g/mol. The number of aromatic nitrogens is 6. The fourth-order valence-electron chi connectivity index (χ4n) is 10.5. The monoisotopic (exact) mass is 1190 g/mol. The van der Waals surface area contributed by atoms with Crippen molar-refractivity contribution in [3.8, 4) is 62.3 Å². The predicted octanol–water partition coefficient (Wildman–Crippen LogP) is 18.1. The van der Waals surface area contributed by atoms with Gasteiger partial charge in [0.1, 0.15) is 0 Å². The Morgan fingerprint density at radius 3 is 1.48 bits per heavy atom. The fraction of sp³-hybridized carbons (Fsp3) is 0.246. The number of rotatable bonds is 8. The third-order valence-electron chi connectivity index (χ3n) is 15.0.